The number of hydrogen-bond acceptors (Lipinski definition) is 3. The minimum atomic E-state index is -0.233. The van der Waals surface area contributed by atoms with E-state index >= 15 is 0 Å². The molecular formula is C21H23FN4. The molecule has 1 aliphatic rings. The van der Waals surface area contributed by atoms with Crippen molar-refractivity contribution < 1.29 is 4.39 Å². The van der Waals surface area contributed by atoms with Crippen molar-refractivity contribution in [1.82, 2.24) is 19.7 Å². The molecule has 2 aromatic heterocycles. The molecule has 134 valence electrons. The van der Waals surface area contributed by atoms with E-state index in [1.54, 1.807) is 6.07 Å². The SMILES string of the molecule is Cn1cc(CN2CCCC[C@@H]2c2ccc(-c3cccc(F)c3)nc2)cn1. The Morgan fingerprint density at radius 3 is 2.81 bits per heavy atom. The molecule has 0 saturated carbocycles. The largest absolute Gasteiger partial charge is 0.292 e. The van der Waals surface area contributed by atoms with Crippen LogP contribution in [-0.4, -0.2) is 26.2 Å². The van der Waals surface area contributed by atoms with Gasteiger partial charge in [-0.15, -0.1) is 0 Å². The average molecular weight is 350 g/mol. The van der Waals surface area contributed by atoms with Crippen LogP contribution in [0.5, 0.6) is 0 Å². The lowest BCUT2D eigenvalue weighted by Gasteiger charge is -2.35. The zero-order valence-corrected chi connectivity index (χ0v) is 15.0. The highest BCUT2D eigenvalue weighted by Crippen LogP contribution is 2.32. The first kappa shape index (κ1) is 16.9. The van der Waals surface area contributed by atoms with Gasteiger partial charge >= 0.3 is 0 Å². The summed E-state index contributed by atoms with van der Waals surface area (Å²) >= 11 is 0. The van der Waals surface area contributed by atoms with Crippen molar-refractivity contribution in [2.75, 3.05) is 6.54 Å². The van der Waals surface area contributed by atoms with Crippen LogP contribution in [0.25, 0.3) is 11.3 Å². The number of rotatable bonds is 4. The van der Waals surface area contributed by atoms with Gasteiger partial charge in [0.15, 0.2) is 0 Å². The molecule has 0 aliphatic carbocycles. The number of nitrogens with zero attached hydrogens (tertiary/aromatic N) is 4. The number of pyridine rings is 1. The summed E-state index contributed by atoms with van der Waals surface area (Å²) in [6, 6.07) is 11.1. The molecule has 0 radical (unpaired) electrons. The Kier molecular flexibility index (Phi) is 4.80. The normalized spacial score (nSPS) is 18.2. The van der Waals surface area contributed by atoms with E-state index in [9.17, 15) is 4.39 Å². The second-order valence-electron chi connectivity index (χ2n) is 6.99. The van der Waals surface area contributed by atoms with E-state index in [2.05, 4.69) is 27.2 Å². The first-order chi connectivity index (χ1) is 12.7. The van der Waals surface area contributed by atoms with Gasteiger partial charge in [-0.25, -0.2) is 4.39 Å². The number of halogens is 1. The minimum absolute atomic E-state index is 0.233. The van der Waals surface area contributed by atoms with Gasteiger partial charge in [-0.2, -0.15) is 5.10 Å². The predicted octanol–water partition coefficient (Wildman–Crippen LogP) is 4.35. The van der Waals surface area contributed by atoms with Gasteiger partial charge in [0.1, 0.15) is 5.82 Å². The number of aryl methyl sites for hydroxylation is 1. The van der Waals surface area contributed by atoms with Crippen molar-refractivity contribution in [2.45, 2.75) is 31.8 Å². The molecule has 3 heterocycles. The monoisotopic (exact) mass is 350 g/mol. The van der Waals surface area contributed by atoms with Gasteiger partial charge in [0.2, 0.25) is 0 Å². The van der Waals surface area contributed by atoms with Crippen LogP contribution in [0.2, 0.25) is 0 Å². The van der Waals surface area contributed by atoms with E-state index in [0.29, 0.717) is 6.04 Å². The van der Waals surface area contributed by atoms with Gasteiger partial charge in [-0.05, 0) is 43.1 Å². The van der Waals surface area contributed by atoms with Crippen LogP contribution in [0.4, 0.5) is 4.39 Å². The number of benzene rings is 1. The molecule has 26 heavy (non-hydrogen) atoms. The molecule has 5 heteroatoms. The Labute approximate surface area is 153 Å². The van der Waals surface area contributed by atoms with Gasteiger partial charge in [-0.3, -0.25) is 14.6 Å². The van der Waals surface area contributed by atoms with E-state index in [1.165, 1.54) is 36.1 Å². The number of hydrogen-bond donors (Lipinski definition) is 0. The molecular weight excluding hydrogens is 327 g/mol. The van der Waals surface area contributed by atoms with Gasteiger partial charge in [0, 0.05) is 43.2 Å². The Morgan fingerprint density at radius 2 is 2.08 bits per heavy atom. The molecule has 1 aliphatic heterocycles. The summed E-state index contributed by atoms with van der Waals surface area (Å²) in [5.74, 6) is -0.233. The third kappa shape index (κ3) is 3.68. The maximum absolute atomic E-state index is 13.4. The fraction of sp³-hybridized carbons (Fsp3) is 0.333. The summed E-state index contributed by atoms with van der Waals surface area (Å²) in [6.45, 7) is 2.00. The molecule has 0 spiro atoms. The van der Waals surface area contributed by atoms with Gasteiger partial charge < -0.3 is 0 Å². The maximum Gasteiger partial charge on any atom is 0.123 e. The molecule has 1 aromatic carbocycles. The van der Waals surface area contributed by atoms with Crippen molar-refractivity contribution in [3.8, 4) is 11.3 Å². The Hall–Kier alpha value is -2.53. The van der Waals surface area contributed by atoms with Gasteiger partial charge in [0.25, 0.3) is 0 Å². The Balaban J connectivity index is 1.54. The fourth-order valence-electron chi connectivity index (χ4n) is 3.77. The molecule has 0 amide bonds. The number of aromatic nitrogens is 3. The van der Waals surface area contributed by atoms with Crippen LogP contribution in [-0.2, 0) is 13.6 Å². The molecule has 1 fully saturated rings. The average Bonchev–Trinajstić information content (AvgIpc) is 3.07. The maximum atomic E-state index is 13.4. The quantitative estimate of drug-likeness (QED) is 0.701. The number of piperidine rings is 1. The lowest BCUT2D eigenvalue weighted by Crippen LogP contribution is -2.32. The summed E-state index contributed by atoms with van der Waals surface area (Å²) in [5.41, 5.74) is 4.09. The van der Waals surface area contributed by atoms with Crippen LogP contribution >= 0.6 is 0 Å². The first-order valence-corrected chi connectivity index (χ1v) is 9.12. The van der Waals surface area contributed by atoms with Crippen molar-refractivity contribution in [3.05, 3.63) is 71.9 Å². The minimum Gasteiger partial charge on any atom is -0.292 e. The lowest BCUT2D eigenvalue weighted by molar-refractivity contribution is 0.140. The van der Waals surface area contributed by atoms with Gasteiger partial charge in [-0.1, -0.05) is 24.6 Å². The first-order valence-electron chi connectivity index (χ1n) is 9.12. The van der Waals surface area contributed by atoms with E-state index in [1.807, 2.05) is 36.3 Å². The third-order valence-corrected chi connectivity index (χ3v) is 5.05. The standard InChI is InChI=1S/C21H23FN4/c1-25-14-16(12-24-25)15-26-10-3-2-7-21(26)18-8-9-20(23-13-18)17-5-4-6-19(22)11-17/h4-6,8-9,11-14,21H,2-3,7,10,15H2,1H3/t21-/m1/s1. The summed E-state index contributed by atoms with van der Waals surface area (Å²) in [6.07, 6.45) is 9.58. The summed E-state index contributed by atoms with van der Waals surface area (Å²) in [5, 5.41) is 4.28. The molecule has 0 N–H and O–H groups in total. The molecule has 4 rings (SSSR count). The number of likely N-dealkylation sites (tertiary alicyclic amines) is 1. The van der Waals surface area contributed by atoms with E-state index in [4.69, 9.17) is 0 Å². The van der Waals surface area contributed by atoms with Gasteiger partial charge in [0.05, 0.1) is 11.9 Å². The van der Waals surface area contributed by atoms with Crippen molar-refractivity contribution in [1.29, 1.82) is 0 Å². The second kappa shape index (κ2) is 7.38. The van der Waals surface area contributed by atoms with Crippen molar-refractivity contribution in [2.24, 2.45) is 7.05 Å². The predicted molar refractivity (Wildman–Crippen MR) is 99.8 cm³/mol. The molecule has 0 bridgehead atoms. The van der Waals surface area contributed by atoms with E-state index < -0.39 is 0 Å². The zero-order chi connectivity index (χ0) is 17.9. The summed E-state index contributed by atoms with van der Waals surface area (Å²) in [7, 11) is 1.95. The fourth-order valence-corrected chi connectivity index (χ4v) is 3.77. The van der Waals surface area contributed by atoms with Crippen LogP contribution in [0, 0.1) is 5.82 Å². The zero-order valence-electron chi connectivity index (χ0n) is 15.0. The lowest BCUT2D eigenvalue weighted by atomic mass is 9.95. The van der Waals surface area contributed by atoms with Crippen LogP contribution in [0.3, 0.4) is 0 Å². The highest BCUT2D eigenvalue weighted by Gasteiger charge is 2.24. The van der Waals surface area contributed by atoms with Crippen LogP contribution in [0.1, 0.15) is 36.4 Å². The summed E-state index contributed by atoms with van der Waals surface area (Å²) < 4.78 is 15.3. The molecule has 3 aromatic rings. The second-order valence-corrected chi connectivity index (χ2v) is 6.99. The Bertz CT molecular complexity index is 872. The molecule has 0 unspecified atom stereocenters. The molecule has 1 saturated heterocycles. The van der Waals surface area contributed by atoms with Crippen molar-refractivity contribution >= 4 is 0 Å². The van der Waals surface area contributed by atoms with E-state index in [0.717, 1.165) is 30.8 Å². The highest BCUT2D eigenvalue weighted by atomic mass is 19.1. The summed E-state index contributed by atoms with van der Waals surface area (Å²) in [4.78, 5) is 7.11. The molecule has 1 atom stereocenters. The van der Waals surface area contributed by atoms with Crippen LogP contribution in [0.15, 0.2) is 55.0 Å². The topological polar surface area (TPSA) is 34.0 Å². The van der Waals surface area contributed by atoms with Crippen LogP contribution < -0.4 is 0 Å². The van der Waals surface area contributed by atoms with E-state index in [-0.39, 0.29) is 5.82 Å². The third-order valence-electron chi connectivity index (χ3n) is 5.05. The highest BCUT2D eigenvalue weighted by molar-refractivity contribution is 5.59. The van der Waals surface area contributed by atoms with Crippen molar-refractivity contribution in [3.63, 3.8) is 0 Å². The molecule has 4 nitrogen and oxygen atoms in total. The smallest absolute Gasteiger partial charge is 0.123 e. The Morgan fingerprint density at radius 1 is 1.15 bits per heavy atom.